The Bertz CT molecular complexity index is 419. The molecule has 0 aliphatic rings. The van der Waals surface area contributed by atoms with Gasteiger partial charge in [-0.2, -0.15) is 0 Å². The second-order valence-electron chi connectivity index (χ2n) is 3.12. The molecule has 0 saturated carbocycles. The van der Waals surface area contributed by atoms with Crippen molar-refractivity contribution < 1.29 is 42.5 Å². The normalized spacial score (nSPS) is 10.4. The topological polar surface area (TPSA) is 84.5 Å². The van der Waals surface area contributed by atoms with Crippen molar-refractivity contribution in [3.8, 4) is 0 Å². The van der Waals surface area contributed by atoms with Crippen LogP contribution in [-0.4, -0.2) is 27.1 Å². The van der Waals surface area contributed by atoms with E-state index in [0.717, 1.165) is 5.69 Å². The molecule has 1 rings (SSSR count). The summed E-state index contributed by atoms with van der Waals surface area (Å²) >= 11 is 0. The van der Waals surface area contributed by atoms with Gasteiger partial charge in [0.25, 0.3) is 0 Å². The molecular weight excluding hydrogens is 241 g/mol. The van der Waals surface area contributed by atoms with Gasteiger partial charge in [-0.05, 0) is 24.3 Å². The largest absolute Gasteiger partial charge is 1.00 e. The molecule has 0 saturated heterocycles. The molecule has 84 valence electrons. The molecule has 0 heterocycles. The van der Waals surface area contributed by atoms with Crippen molar-refractivity contribution in [2.45, 2.75) is 0 Å². The third-order valence-corrected chi connectivity index (χ3v) is 2.06. The number of hydrogen-bond acceptors (Lipinski definition) is 5. The summed E-state index contributed by atoms with van der Waals surface area (Å²) < 4.78 is 30.7. The fraction of sp³-hybridized carbons (Fsp3) is 0.250. The van der Waals surface area contributed by atoms with E-state index in [2.05, 4.69) is 5.43 Å². The molecule has 16 heavy (non-hydrogen) atoms. The number of benzene rings is 1. The zero-order chi connectivity index (χ0) is 11.5. The third-order valence-electron chi connectivity index (χ3n) is 1.70. The van der Waals surface area contributed by atoms with Crippen LogP contribution >= 0.6 is 0 Å². The van der Waals surface area contributed by atoms with Crippen molar-refractivity contribution in [2.75, 3.05) is 24.4 Å². The van der Waals surface area contributed by atoms with Crippen LogP contribution < -0.4 is 44.7 Å². The maximum absolute atomic E-state index is 10.2. The van der Waals surface area contributed by atoms with Crippen LogP contribution in [0.4, 0.5) is 11.4 Å². The van der Waals surface area contributed by atoms with Crippen molar-refractivity contribution in [1.29, 1.82) is 0 Å². The monoisotopic (exact) mass is 253 g/mol. The van der Waals surface area contributed by atoms with Crippen molar-refractivity contribution in [2.24, 2.45) is 0 Å². The summed E-state index contributed by atoms with van der Waals surface area (Å²) in [6.45, 7) is 0. The third kappa shape index (κ3) is 5.69. The Morgan fingerprint density at radius 1 is 1.19 bits per heavy atom. The van der Waals surface area contributed by atoms with E-state index in [1.807, 2.05) is 19.0 Å². The SMILES string of the molecule is CN(C)c1ccc(NNS(=O)(=O)[O-])cc1.[Na+]. The Morgan fingerprint density at radius 3 is 2.06 bits per heavy atom. The van der Waals surface area contributed by atoms with Crippen molar-refractivity contribution in [1.82, 2.24) is 4.83 Å². The number of anilines is 2. The second kappa shape index (κ2) is 6.43. The maximum Gasteiger partial charge on any atom is 1.00 e. The van der Waals surface area contributed by atoms with Crippen LogP contribution in [0.1, 0.15) is 0 Å². The molecule has 6 nitrogen and oxygen atoms in total. The molecule has 0 fully saturated rings. The number of rotatable bonds is 4. The molecule has 0 unspecified atom stereocenters. The van der Waals surface area contributed by atoms with E-state index in [1.165, 1.54) is 0 Å². The van der Waals surface area contributed by atoms with Gasteiger partial charge in [-0.25, -0.2) is 8.42 Å². The van der Waals surface area contributed by atoms with Gasteiger partial charge >= 0.3 is 29.6 Å². The average molecular weight is 253 g/mol. The Kier molecular flexibility index (Phi) is 6.31. The van der Waals surface area contributed by atoms with E-state index in [4.69, 9.17) is 0 Å². The zero-order valence-electron chi connectivity index (χ0n) is 9.39. The first-order chi connectivity index (χ1) is 6.88. The molecule has 0 aliphatic carbocycles. The first-order valence-corrected chi connectivity index (χ1v) is 5.55. The molecule has 1 aromatic carbocycles. The minimum Gasteiger partial charge on any atom is -0.734 e. The average Bonchev–Trinajstić information content (AvgIpc) is 2.14. The van der Waals surface area contributed by atoms with Crippen LogP contribution in [0.15, 0.2) is 24.3 Å². The molecule has 1 aromatic rings. The number of nitrogens with zero attached hydrogens (tertiary/aromatic N) is 1. The fourth-order valence-corrected chi connectivity index (χ4v) is 1.21. The minimum atomic E-state index is -4.47. The van der Waals surface area contributed by atoms with Gasteiger partial charge in [0.1, 0.15) is 0 Å². The molecule has 0 aromatic heterocycles. The molecule has 2 N–H and O–H groups in total. The van der Waals surface area contributed by atoms with Crippen LogP contribution in [0, 0.1) is 0 Å². The smallest absolute Gasteiger partial charge is 0.734 e. The van der Waals surface area contributed by atoms with Crippen LogP contribution in [-0.2, 0) is 10.3 Å². The van der Waals surface area contributed by atoms with Crippen LogP contribution in [0.25, 0.3) is 0 Å². The van der Waals surface area contributed by atoms with E-state index in [9.17, 15) is 13.0 Å². The Labute approximate surface area is 117 Å². The van der Waals surface area contributed by atoms with E-state index in [0.29, 0.717) is 5.69 Å². The molecule has 0 spiro atoms. The van der Waals surface area contributed by atoms with E-state index < -0.39 is 10.3 Å². The van der Waals surface area contributed by atoms with Gasteiger partial charge in [0, 0.05) is 25.5 Å². The number of nitrogens with one attached hydrogen (secondary N) is 2. The maximum atomic E-state index is 10.2. The summed E-state index contributed by atoms with van der Waals surface area (Å²) in [5.41, 5.74) is 3.76. The first-order valence-electron chi connectivity index (χ1n) is 4.14. The van der Waals surface area contributed by atoms with Crippen molar-refractivity contribution in [3.63, 3.8) is 0 Å². The standard InChI is InChI=1S/C8H13N3O3S.Na/c1-11(2)8-5-3-7(4-6-8)9-10-15(12,13)14;/h3-6,9-10H,1-2H3,(H,12,13,14);/q;+1/p-1. The molecule has 0 atom stereocenters. The Hall–Kier alpha value is -0.310. The fourth-order valence-electron chi connectivity index (χ4n) is 0.964. The van der Waals surface area contributed by atoms with E-state index >= 15 is 0 Å². The number of hydrogen-bond donors (Lipinski definition) is 2. The quantitative estimate of drug-likeness (QED) is 0.342. The van der Waals surface area contributed by atoms with Gasteiger partial charge < -0.3 is 14.9 Å². The first kappa shape index (κ1) is 15.7. The van der Waals surface area contributed by atoms with Crippen molar-refractivity contribution >= 4 is 21.7 Å². The predicted octanol–water partition coefficient (Wildman–Crippen LogP) is -2.87. The van der Waals surface area contributed by atoms with Gasteiger partial charge in [0.2, 0.25) is 0 Å². The van der Waals surface area contributed by atoms with E-state index in [-0.39, 0.29) is 29.6 Å². The van der Waals surface area contributed by atoms with Gasteiger partial charge in [0.15, 0.2) is 10.3 Å². The van der Waals surface area contributed by atoms with Crippen LogP contribution in [0.2, 0.25) is 0 Å². The van der Waals surface area contributed by atoms with Gasteiger partial charge in [-0.1, -0.05) is 0 Å². The summed E-state index contributed by atoms with van der Waals surface area (Å²) in [5.74, 6) is 0. The zero-order valence-corrected chi connectivity index (χ0v) is 12.2. The predicted molar refractivity (Wildman–Crippen MR) is 57.2 cm³/mol. The summed E-state index contributed by atoms with van der Waals surface area (Å²) in [4.78, 5) is 3.54. The Morgan fingerprint density at radius 2 is 1.69 bits per heavy atom. The minimum absolute atomic E-state index is 0. The summed E-state index contributed by atoms with van der Waals surface area (Å²) in [6, 6.07) is 6.91. The van der Waals surface area contributed by atoms with Crippen molar-refractivity contribution in [3.05, 3.63) is 24.3 Å². The van der Waals surface area contributed by atoms with Crippen LogP contribution in [0.3, 0.4) is 0 Å². The summed E-state index contributed by atoms with van der Waals surface area (Å²) in [7, 11) is -0.687. The summed E-state index contributed by atoms with van der Waals surface area (Å²) in [5, 5.41) is 0. The molecule has 0 bridgehead atoms. The Balaban J connectivity index is 0.00000225. The summed E-state index contributed by atoms with van der Waals surface area (Å²) in [6.07, 6.45) is 0. The number of hydrazine groups is 1. The molecular formula is C8H12N3NaO3S. The molecule has 0 amide bonds. The van der Waals surface area contributed by atoms with Gasteiger partial charge in [0.05, 0.1) is 0 Å². The van der Waals surface area contributed by atoms with Crippen LogP contribution in [0.5, 0.6) is 0 Å². The molecule has 0 aliphatic heterocycles. The second-order valence-corrected chi connectivity index (χ2v) is 4.23. The van der Waals surface area contributed by atoms with Gasteiger partial charge in [-0.3, -0.25) is 0 Å². The molecule has 0 radical (unpaired) electrons. The van der Waals surface area contributed by atoms with Gasteiger partial charge in [-0.15, -0.1) is 4.83 Å². The van der Waals surface area contributed by atoms with E-state index in [1.54, 1.807) is 29.1 Å². The molecule has 8 heteroatoms.